The number of aryl methyl sites for hydroxylation is 1. The van der Waals surface area contributed by atoms with Crippen molar-refractivity contribution in [1.29, 1.82) is 0 Å². The minimum absolute atomic E-state index is 0.0379. The molecule has 6 heterocycles. The first kappa shape index (κ1) is 38.4. The Morgan fingerprint density at radius 3 is 2.49 bits per heavy atom. The lowest BCUT2D eigenvalue weighted by molar-refractivity contribution is -0.137. The normalized spacial score (nSPS) is 19.6. The molecule has 1 saturated heterocycles. The molecule has 1 aliphatic carbocycles. The number of fused-ring (bicyclic) bond motifs is 3. The van der Waals surface area contributed by atoms with Crippen LogP contribution >= 0.6 is 23.4 Å². The van der Waals surface area contributed by atoms with E-state index in [2.05, 4.69) is 25.2 Å². The number of aromatic hydroxyl groups is 1. The average Bonchev–Trinajstić information content (AvgIpc) is 3.77. The fourth-order valence-corrected chi connectivity index (χ4v) is 9.84. The largest absolute Gasteiger partial charge is 0.504 e. The molecule has 2 fully saturated rings. The number of aromatic nitrogens is 6. The summed E-state index contributed by atoms with van der Waals surface area (Å²) in [7, 11) is 0. The first-order valence-electron chi connectivity index (χ1n) is 18.1. The predicted octanol–water partition coefficient (Wildman–Crippen LogP) is 5.01. The SMILES string of the molecule is [C-]#[N+]C1(C(=O)N2CC=C(c3nc4n(CC(=O)Nc5ccc(C(F)(F)F)cc5Cl)c5c(c(=O)n4n3)C3(CCN(C(=O)c4ncnc(C)c4O)CC3)S[C@H]5C)CC2)CC1. The van der Waals surface area contributed by atoms with Gasteiger partial charge in [-0.15, -0.1) is 16.9 Å². The third-order valence-corrected chi connectivity index (χ3v) is 13.0. The number of nitrogens with one attached hydrogen (secondary N) is 1. The molecule has 2 N–H and O–H groups in total. The summed E-state index contributed by atoms with van der Waals surface area (Å²) in [5.41, 5.74) is -0.686. The summed E-state index contributed by atoms with van der Waals surface area (Å²) in [5.74, 6) is -1.34. The molecular weight excluding hydrogens is 789 g/mol. The molecular formula is C37H34ClF3N10O5S. The molecule has 8 rings (SSSR count). The molecule has 1 aromatic carbocycles. The molecule has 0 unspecified atom stereocenters. The van der Waals surface area contributed by atoms with Crippen LogP contribution in [0.3, 0.4) is 0 Å². The van der Waals surface area contributed by atoms with E-state index in [1.54, 1.807) is 27.4 Å². The van der Waals surface area contributed by atoms with E-state index in [-0.39, 0.29) is 70.2 Å². The van der Waals surface area contributed by atoms with Crippen LogP contribution < -0.4 is 10.9 Å². The molecule has 57 heavy (non-hydrogen) atoms. The molecule has 15 nitrogen and oxygen atoms in total. The summed E-state index contributed by atoms with van der Waals surface area (Å²) in [6, 6.07) is 2.61. The van der Waals surface area contributed by atoms with Crippen LogP contribution in [0.25, 0.3) is 16.2 Å². The molecule has 1 spiro atoms. The fraction of sp³-hybridized carbons (Fsp3) is 0.432. The molecule has 20 heteroatoms. The van der Waals surface area contributed by atoms with Crippen LogP contribution in [0.5, 0.6) is 5.75 Å². The van der Waals surface area contributed by atoms with Crippen molar-refractivity contribution in [2.24, 2.45) is 0 Å². The molecule has 0 bridgehead atoms. The lowest BCUT2D eigenvalue weighted by Gasteiger charge is -2.39. The van der Waals surface area contributed by atoms with Gasteiger partial charge in [-0.3, -0.25) is 24.0 Å². The lowest BCUT2D eigenvalue weighted by atomic mass is 9.87. The van der Waals surface area contributed by atoms with Crippen LogP contribution in [0.4, 0.5) is 18.9 Å². The van der Waals surface area contributed by atoms with Gasteiger partial charge >= 0.3 is 17.6 Å². The first-order chi connectivity index (χ1) is 27.1. The number of amides is 3. The summed E-state index contributed by atoms with van der Waals surface area (Å²) in [4.78, 5) is 74.3. The van der Waals surface area contributed by atoms with Gasteiger partial charge in [-0.2, -0.15) is 22.7 Å². The maximum Gasteiger partial charge on any atom is 0.416 e. The maximum absolute atomic E-state index is 14.6. The zero-order chi connectivity index (χ0) is 40.6. The van der Waals surface area contributed by atoms with Gasteiger partial charge in [0.05, 0.1) is 32.3 Å². The number of benzene rings is 1. The van der Waals surface area contributed by atoms with Gasteiger partial charge < -0.3 is 24.8 Å². The number of carbonyl (C=O) groups is 3. The van der Waals surface area contributed by atoms with E-state index in [1.807, 2.05) is 6.92 Å². The highest BCUT2D eigenvalue weighted by Crippen LogP contribution is 2.58. The number of hydrogen-bond acceptors (Lipinski definition) is 10. The molecule has 4 aliphatic rings. The number of carbonyl (C=O) groups excluding carboxylic acids is 3. The Balaban J connectivity index is 1.15. The average molecular weight is 823 g/mol. The second kappa shape index (κ2) is 13.9. The Morgan fingerprint density at radius 2 is 1.86 bits per heavy atom. The van der Waals surface area contributed by atoms with Crippen LogP contribution in [0.1, 0.15) is 83.1 Å². The van der Waals surface area contributed by atoms with Crippen molar-refractivity contribution >= 4 is 58.1 Å². The maximum atomic E-state index is 14.6. The summed E-state index contributed by atoms with van der Waals surface area (Å²) < 4.78 is 41.9. The van der Waals surface area contributed by atoms with Gasteiger partial charge in [0.1, 0.15) is 12.9 Å². The summed E-state index contributed by atoms with van der Waals surface area (Å²) >= 11 is 7.70. The monoisotopic (exact) mass is 822 g/mol. The number of nitrogens with zero attached hydrogens (tertiary/aromatic N) is 9. The van der Waals surface area contributed by atoms with Crippen LogP contribution in [0, 0.1) is 13.5 Å². The van der Waals surface area contributed by atoms with Crippen molar-refractivity contribution in [3.63, 3.8) is 0 Å². The number of alkyl halides is 3. The third-order valence-electron chi connectivity index (χ3n) is 11.1. The van der Waals surface area contributed by atoms with Gasteiger partial charge in [0.15, 0.2) is 17.3 Å². The van der Waals surface area contributed by atoms with Crippen molar-refractivity contribution in [2.75, 3.05) is 31.5 Å². The van der Waals surface area contributed by atoms with E-state index in [0.717, 1.165) is 22.7 Å². The van der Waals surface area contributed by atoms with Crippen molar-refractivity contribution < 1.29 is 32.7 Å². The van der Waals surface area contributed by atoms with Gasteiger partial charge in [-0.25, -0.2) is 16.5 Å². The Hall–Kier alpha value is -5.48. The van der Waals surface area contributed by atoms with E-state index < -0.39 is 45.9 Å². The van der Waals surface area contributed by atoms with E-state index in [9.17, 15) is 37.5 Å². The number of hydrogen-bond donors (Lipinski definition) is 2. The second-order valence-electron chi connectivity index (χ2n) is 14.6. The number of piperidine rings is 1. The molecule has 1 atom stereocenters. The molecule has 4 aromatic rings. The number of halogens is 4. The van der Waals surface area contributed by atoms with Gasteiger partial charge in [-0.1, -0.05) is 17.7 Å². The Labute approximate surface area is 331 Å². The van der Waals surface area contributed by atoms with Crippen LogP contribution in [0.15, 0.2) is 35.4 Å². The Kier molecular flexibility index (Phi) is 9.34. The number of rotatable bonds is 6. The molecule has 3 amide bonds. The summed E-state index contributed by atoms with van der Waals surface area (Å²) in [6.45, 7) is 11.5. The zero-order valence-electron chi connectivity index (χ0n) is 30.6. The van der Waals surface area contributed by atoms with Crippen LogP contribution in [-0.4, -0.2) is 93.5 Å². The smallest absolute Gasteiger partial charge is 0.416 e. The van der Waals surface area contributed by atoms with Crippen LogP contribution in [0.2, 0.25) is 5.02 Å². The van der Waals surface area contributed by atoms with Crippen molar-refractivity contribution in [2.45, 2.75) is 74.2 Å². The number of likely N-dealkylation sites (tertiary alicyclic amines) is 1. The highest BCUT2D eigenvalue weighted by molar-refractivity contribution is 8.00. The number of anilines is 1. The zero-order valence-corrected chi connectivity index (χ0v) is 32.1. The minimum atomic E-state index is -4.64. The van der Waals surface area contributed by atoms with E-state index in [0.29, 0.717) is 55.5 Å². The van der Waals surface area contributed by atoms with Gasteiger partial charge in [-0.05, 0) is 56.9 Å². The Bertz CT molecular complexity index is 2520. The predicted molar refractivity (Wildman–Crippen MR) is 201 cm³/mol. The van der Waals surface area contributed by atoms with E-state index >= 15 is 0 Å². The first-order valence-corrected chi connectivity index (χ1v) is 19.4. The molecule has 0 radical (unpaired) electrons. The highest BCUT2D eigenvalue weighted by Gasteiger charge is 2.60. The molecule has 1 saturated carbocycles. The van der Waals surface area contributed by atoms with Gasteiger partial charge in [0, 0.05) is 50.0 Å². The van der Waals surface area contributed by atoms with Gasteiger partial charge in [0.25, 0.3) is 11.5 Å². The highest BCUT2D eigenvalue weighted by atomic mass is 35.5. The van der Waals surface area contributed by atoms with E-state index in [4.69, 9.17) is 23.2 Å². The van der Waals surface area contributed by atoms with Gasteiger partial charge in [0.2, 0.25) is 11.7 Å². The van der Waals surface area contributed by atoms with Crippen molar-refractivity contribution in [3.05, 3.63) is 91.4 Å². The van der Waals surface area contributed by atoms with Crippen molar-refractivity contribution in [3.8, 4) is 5.75 Å². The Morgan fingerprint density at radius 1 is 1.12 bits per heavy atom. The summed E-state index contributed by atoms with van der Waals surface area (Å²) in [6.07, 6.45) is 0.485. The molecule has 3 aliphatic heterocycles. The van der Waals surface area contributed by atoms with Crippen LogP contribution in [-0.2, 0) is 27.1 Å². The molecule has 296 valence electrons. The minimum Gasteiger partial charge on any atom is -0.504 e. The fourth-order valence-electron chi connectivity index (χ4n) is 7.85. The van der Waals surface area contributed by atoms with E-state index in [1.165, 1.54) is 18.1 Å². The van der Waals surface area contributed by atoms with Crippen molar-refractivity contribution in [1.82, 2.24) is 38.9 Å². The molecule has 3 aromatic heterocycles. The standard InChI is InChI=1S/C37H34ClF3N10O5S/c1-19-29(53)27(44-18-43-19)32(55)48-14-10-36(11-15-48)26-28(20(2)57-36)50(17-25(52)45-24-5-4-22(16-23(24)38)37(39,40)41)34-46-30(47-51(34)31(26)54)21-6-12-49(13-7-21)33(56)35(42-3)8-9-35/h4-6,16,18,20,53H,7-15,17H2,1-2H3,(H,45,52)/t20-/m0/s1. The topological polar surface area (TPSA) is 172 Å². The second-order valence-corrected chi connectivity index (χ2v) is 16.7. The lowest BCUT2D eigenvalue weighted by Crippen LogP contribution is -2.45. The number of thioether (sulfide) groups is 1. The third kappa shape index (κ3) is 6.57. The summed E-state index contributed by atoms with van der Waals surface area (Å²) in [5, 5.41) is 17.1. The quantitative estimate of drug-likeness (QED) is 0.252.